The number of pyridine rings is 1. The number of nitrogens with one attached hydrogen (secondary N) is 1. The van der Waals surface area contributed by atoms with E-state index in [2.05, 4.69) is 15.0 Å². The molecule has 2 heterocycles. The largest absolute Gasteiger partial charge is 0.494 e. The quantitative estimate of drug-likeness (QED) is 0.772. The number of nitrogens with two attached hydrogens (primary N) is 1. The number of imidazole rings is 1. The van der Waals surface area contributed by atoms with E-state index >= 15 is 0 Å². The molecule has 2 aromatic heterocycles. The van der Waals surface area contributed by atoms with Crippen LogP contribution < -0.4 is 10.5 Å². The van der Waals surface area contributed by atoms with Crippen LogP contribution in [0.2, 0.25) is 0 Å². The SMILES string of the molecule is CCOc1ccc2nc(Sc3ncc(C)cc3N)[nH]c2c1. The van der Waals surface area contributed by atoms with E-state index in [0.717, 1.165) is 32.5 Å². The molecule has 5 nitrogen and oxygen atoms in total. The lowest BCUT2D eigenvalue weighted by atomic mass is 10.3. The third-order valence-electron chi connectivity index (χ3n) is 2.95. The van der Waals surface area contributed by atoms with Crippen LogP contribution in [-0.2, 0) is 0 Å². The van der Waals surface area contributed by atoms with Crippen molar-refractivity contribution in [1.82, 2.24) is 15.0 Å². The van der Waals surface area contributed by atoms with Gasteiger partial charge in [-0.25, -0.2) is 9.97 Å². The van der Waals surface area contributed by atoms with Gasteiger partial charge in [0.05, 0.1) is 23.3 Å². The number of anilines is 1. The topological polar surface area (TPSA) is 76.8 Å². The Kier molecular flexibility index (Phi) is 3.70. The fraction of sp³-hybridized carbons (Fsp3) is 0.200. The zero-order valence-electron chi connectivity index (χ0n) is 11.9. The second kappa shape index (κ2) is 5.65. The van der Waals surface area contributed by atoms with Crippen molar-refractivity contribution < 1.29 is 4.74 Å². The fourth-order valence-corrected chi connectivity index (χ4v) is 2.80. The zero-order chi connectivity index (χ0) is 14.8. The Morgan fingerprint density at radius 2 is 2.19 bits per heavy atom. The highest BCUT2D eigenvalue weighted by Gasteiger charge is 2.09. The highest BCUT2D eigenvalue weighted by Crippen LogP contribution is 2.30. The van der Waals surface area contributed by atoms with Crippen molar-refractivity contribution in [3.8, 4) is 5.75 Å². The molecule has 6 heteroatoms. The van der Waals surface area contributed by atoms with Gasteiger partial charge in [0.25, 0.3) is 0 Å². The number of H-pyrrole nitrogens is 1. The normalized spacial score (nSPS) is 11.0. The van der Waals surface area contributed by atoms with E-state index in [1.807, 2.05) is 38.1 Å². The maximum absolute atomic E-state index is 5.98. The van der Waals surface area contributed by atoms with Gasteiger partial charge in [-0.15, -0.1) is 0 Å². The number of nitrogens with zero attached hydrogens (tertiary/aromatic N) is 2. The summed E-state index contributed by atoms with van der Waals surface area (Å²) in [6.07, 6.45) is 1.80. The summed E-state index contributed by atoms with van der Waals surface area (Å²) in [5, 5.41) is 1.52. The molecular formula is C15H16N4OS. The van der Waals surface area contributed by atoms with E-state index in [0.29, 0.717) is 12.3 Å². The summed E-state index contributed by atoms with van der Waals surface area (Å²) in [6.45, 7) is 4.57. The van der Waals surface area contributed by atoms with Crippen LogP contribution in [0.3, 0.4) is 0 Å². The van der Waals surface area contributed by atoms with Crippen LogP contribution in [0.1, 0.15) is 12.5 Å². The van der Waals surface area contributed by atoms with Crippen LogP contribution in [0.4, 0.5) is 5.69 Å². The van der Waals surface area contributed by atoms with E-state index in [4.69, 9.17) is 10.5 Å². The van der Waals surface area contributed by atoms with Gasteiger partial charge in [0.15, 0.2) is 5.16 Å². The number of aromatic amines is 1. The van der Waals surface area contributed by atoms with Gasteiger partial charge in [-0.2, -0.15) is 0 Å². The lowest BCUT2D eigenvalue weighted by Crippen LogP contribution is -1.93. The van der Waals surface area contributed by atoms with Gasteiger partial charge < -0.3 is 15.5 Å². The molecule has 3 rings (SSSR count). The molecule has 0 aliphatic rings. The molecule has 1 aromatic carbocycles. The maximum Gasteiger partial charge on any atom is 0.172 e. The average molecular weight is 300 g/mol. The first-order valence-corrected chi connectivity index (χ1v) is 7.50. The van der Waals surface area contributed by atoms with E-state index in [-0.39, 0.29) is 0 Å². The van der Waals surface area contributed by atoms with E-state index < -0.39 is 0 Å². The van der Waals surface area contributed by atoms with E-state index in [9.17, 15) is 0 Å². The maximum atomic E-state index is 5.98. The van der Waals surface area contributed by atoms with E-state index in [1.54, 1.807) is 6.20 Å². The Bertz CT molecular complexity index is 784. The van der Waals surface area contributed by atoms with Gasteiger partial charge in [0, 0.05) is 12.3 Å². The molecule has 3 N–H and O–H groups in total. The highest BCUT2D eigenvalue weighted by molar-refractivity contribution is 7.99. The van der Waals surface area contributed by atoms with Crippen molar-refractivity contribution in [3.63, 3.8) is 0 Å². The van der Waals surface area contributed by atoms with Gasteiger partial charge in [0.1, 0.15) is 10.8 Å². The molecule has 0 amide bonds. The second-order valence-corrected chi connectivity index (χ2v) is 5.64. The lowest BCUT2D eigenvalue weighted by molar-refractivity contribution is 0.340. The molecule has 108 valence electrons. The summed E-state index contributed by atoms with van der Waals surface area (Å²) in [7, 11) is 0. The standard InChI is InChI=1S/C15H16N4OS/c1-3-20-10-4-5-12-13(7-10)19-15(18-12)21-14-11(16)6-9(2)8-17-14/h4-8H,3,16H2,1-2H3,(H,18,19). The second-order valence-electron chi connectivity index (χ2n) is 4.66. The van der Waals surface area contributed by atoms with E-state index in [1.165, 1.54) is 11.8 Å². The van der Waals surface area contributed by atoms with Gasteiger partial charge in [-0.05, 0) is 49.4 Å². The Morgan fingerprint density at radius 1 is 1.33 bits per heavy atom. The molecule has 0 saturated heterocycles. The number of hydrogen-bond donors (Lipinski definition) is 2. The molecule has 0 aliphatic carbocycles. The van der Waals surface area contributed by atoms with Crippen LogP contribution >= 0.6 is 11.8 Å². The van der Waals surface area contributed by atoms with Gasteiger partial charge in [-0.1, -0.05) is 0 Å². The average Bonchev–Trinajstić information content (AvgIpc) is 2.84. The summed E-state index contributed by atoms with van der Waals surface area (Å²) in [6, 6.07) is 7.71. The Balaban J connectivity index is 1.90. The molecule has 0 fully saturated rings. The molecule has 3 aromatic rings. The van der Waals surface area contributed by atoms with Gasteiger partial charge in [-0.3, -0.25) is 0 Å². The van der Waals surface area contributed by atoms with Crippen molar-refractivity contribution in [2.24, 2.45) is 0 Å². The molecule has 0 radical (unpaired) electrons. The Morgan fingerprint density at radius 3 is 2.95 bits per heavy atom. The first kappa shape index (κ1) is 13.8. The number of hydrogen-bond acceptors (Lipinski definition) is 5. The first-order chi connectivity index (χ1) is 10.2. The van der Waals surface area contributed by atoms with Crippen molar-refractivity contribution >= 4 is 28.5 Å². The number of ether oxygens (including phenoxy) is 1. The monoisotopic (exact) mass is 300 g/mol. The summed E-state index contributed by atoms with van der Waals surface area (Å²) in [4.78, 5) is 12.1. The number of fused-ring (bicyclic) bond motifs is 1. The highest BCUT2D eigenvalue weighted by atomic mass is 32.2. The minimum absolute atomic E-state index is 0.644. The number of rotatable bonds is 4. The van der Waals surface area contributed by atoms with Crippen LogP contribution in [0.15, 0.2) is 40.6 Å². The number of benzene rings is 1. The number of aromatic nitrogens is 3. The third-order valence-corrected chi connectivity index (χ3v) is 3.87. The smallest absolute Gasteiger partial charge is 0.172 e. The summed E-state index contributed by atoms with van der Waals surface area (Å²) < 4.78 is 5.49. The van der Waals surface area contributed by atoms with Crippen molar-refractivity contribution in [1.29, 1.82) is 0 Å². The number of aryl methyl sites for hydroxylation is 1. The summed E-state index contributed by atoms with van der Waals surface area (Å²) >= 11 is 1.42. The summed E-state index contributed by atoms with van der Waals surface area (Å²) in [5.74, 6) is 0.832. The minimum Gasteiger partial charge on any atom is -0.494 e. The van der Waals surface area contributed by atoms with Crippen LogP contribution in [0.25, 0.3) is 11.0 Å². The molecular weight excluding hydrogens is 284 g/mol. The molecule has 0 saturated carbocycles. The molecule has 21 heavy (non-hydrogen) atoms. The predicted octanol–water partition coefficient (Wildman–Crippen LogP) is 3.40. The third kappa shape index (κ3) is 2.95. The molecule has 0 unspecified atom stereocenters. The van der Waals surface area contributed by atoms with Crippen LogP contribution in [-0.4, -0.2) is 21.6 Å². The van der Waals surface area contributed by atoms with Gasteiger partial charge in [0.2, 0.25) is 0 Å². The lowest BCUT2D eigenvalue weighted by Gasteiger charge is -2.02. The Hall–Kier alpha value is -2.21. The summed E-state index contributed by atoms with van der Waals surface area (Å²) in [5.41, 5.74) is 9.52. The molecule has 0 spiro atoms. The van der Waals surface area contributed by atoms with Crippen molar-refractivity contribution in [3.05, 3.63) is 36.0 Å². The van der Waals surface area contributed by atoms with Crippen molar-refractivity contribution in [2.45, 2.75) is 24.0 Å². The van der Waals surface area contributed by atoms with Crippen LogP contribution in [0.5, 0.6) is 5.75 Å². The predicted molar refractivity (Wildman–Crippen MR) is 84.8 cm³/mol. The van der Waals surface area contributed by atoms with Crippen molar-refractivity contribution in [2.75, 3.05) is 12.3 Å². The number of nitrogen functional groups attached to an aromatic ring is 1. The Labute approximate surface area is 126 Å². The van der Waals surface area contributed by atoms with Crippen LogP contribution in [0, 0.1) is 6.92 Å². The minimum atomic E-state index is 0.644. The zero-order valence-corrected chi connectivity index (χ0v) is 12.7. The molecule has 0 aliphatic heterocycles. The molecule has 0 atom stereocenters. The first-order valence-electron chi connectivity index (χ1n) is 6.68. The molecule has 0 bridgehead atoms. The van der Waals surface area contributed by atoms with Gasteiger partial charge >= 0.3 is 0 Å². The fourth-order valence-electron chi connectivity index (χ4n) is 2.03.